The monoisotopic (exact) mass is 519 g/mol. The molecule has 0 aliphatic heterocycles. The lowest BCUT2D eigenvalue weighted by atomic mass is 10.0. The molecule has 188 valence electrons. The number of aromatic nitrogens is 3. The second-order valence-electron chi connectivity index (χ2n) is 7.82. The Hall–Kier alpha value is -4.07. The minimum atomic E-state index is -4.63. The molecule has 3 aromatic heterocycles. The zero-order valence-corrected chi connectivity index (χ0v) is 19.6. The van der Waals surface area contributed by atoms with E-state index in [0.717, 1.165) is 29.6 Å². The van der Waals surface area contributed by atoms with Crippen molar-refractivity contribution in [1.82, 2.24) is 31.1 Å². The number of alkyl halides is 3. The Morgan fingerprint density at radius 1 is 1.08 bits per heavy atom. The molecule has 4 rings (SSSR count). The largest absolute Gasteiger partial charge is 0.434 e. The predicted molar refractivity (Wildman–Crippen MR) is 125 cm³/mol. The maximum Gasteiger partial charge on any atom is 0.434 e. The summed E-state index contributed by atoms with van der Waals surface area (Å²) in [4.78, 5) is 48.2. The summed E-state index contributed by atoms with van der Waals surface area (Å²) in [5.74, 6) is -0.905. The van der Waals surface area contributed by atoms with Crippen LogP contribution >= 0.6 is 11.3 Å². The summed E-state index contributed by atoms with van der Waals surface area (Å²) in [5.41, 5.74) is 4.68. The van der Waals surface area contributed by atoms with E-state index in [-0.39, 0.29) is 33.8 Å². The number of carbonyl (C=O) groups is 3. The van der Waals surface area contributed by atoms with Crippen LogP contribution < -0.4 is 21.5 Å². The van der Waals surface area contributed by atoms with Gasteiger partial charge in [-0.1, -0.05) is 0 Å². The van der Waals surface area contributed by atoms with Gasteiger partial charge in [0.15, 0.2) is 5.69 Å². The van der Waals surface area contributed by atoms with Crippen LogP contribution in [0, 0.1) is 5.92 Å². The van der Waals surface area contributed by atoms with Crippen molar-refractivity contribution in [2.24, 2.45) is 5.92 Å². The van der Waals surface area contributed by atoms with E-state index in [4.69, 9.17) is 0 Å². The molecule has 14 heteroatoms. The van der Waals surface area contributed by atoms with Gasteiger partial charge in [-0.25, -0.2) is 14.8 Å². The second-order valence-corrected chi connectivity index (χ2v) is 8.67. The van der Waals surface area contributed by atoms with Gasteiger partial charge in [-0.15, -0.1) is 11.3 Å². The van der Waals surface area contributed by atoms with Gasteiger partial charge in [0.2, 0.25) is 5.91 Å². The maximum atomic E-state index is 13.2. The first-order valence-corrected chi connectivity index (χ1v) is 11.7. The van der Waals surface area contributed by atoms with Gasteiger partial charge in [0.25, 0.3) is 5.91 Å². The normalized spacial score (nSPS) is 13.1. The summed E-state index contributed by atoms with van der Waals surface area (Å²) >= 11 is 0.772. The number of nitrogens with zero attached hydrogens (tertiary/aromatic N) is 3. The molecular formula is C22H20F3N7O3S. The summed E-state index contributed by atoms with van der Waals surface area (Å²) in [6, 6.07) is 2.32. The molecule has 1 fully saturated rings. The Morgan fingerprint density at radius 2 is 1.86 bits per heavy atom. The molecule has 0 aromatic carbocycles. The van der Waals surface area contributed by atoms with Crippen LogP contribution in [0.15, 0.2) is 36.1 Å². The third kappa shape index (κ3) is 5.94. The van der Waals surface area contributed by atoms with E-state index >= 15 is 0 Å². The van der Waals surface area contributed by atoms with Gasteiger partial charge in [0.05, 0.1) is 5.56 Å². The molecule has 0 saturated heterocycles. The maximum absolute atomic E-state index is 13.2. The van der Waals surface area contributed by atoms with Crippen LogP contribution in [-0.2, 0) is 11.0 Å². The van der Waals surface area contributed by atoms with Crippen LogP contribution in [0.25, 0.3) is 21.7 Å². The Kier molecular flexibility index (Phi) is 7.15. The second kappa shape index (κ2) is 10.3. The molecule has 0 spiro atoms. The van der Waals surface area contributed by atoms with Gasteiger partial charge in [-0.2, -0.15) is 13.2 Å². The quantitative estimate of drug-likeness (QED) is 0.367. The highest BCUT2D eigenvalue weighted by Gasteiger charge is 2.34. The van der Waals surface area contributed by atoms with E-state index in [2.05, 4.69) is 36.4 Å². The Morgan fingerprint density at radius 3 is 2.53 bits per heavy atom. The van der Waals surface area contributed by atoms with Crippen LogP contribution in [0.1, 0.15) is 35.8 Å². The standard InChI is InChI=1S/C22H20F3N7O3S/c1-2-27-21(35)30-17-6-14(20-29-16(10-36-20)22(23,24)25)15(9-28-17)12-5-13(8-26-7-12)19(34)32-31-18(33)11-3-4-11/h5-11H,2-4H2,1H3,(H,31,33)(H,32,34)(H2,27,28,30,35). The molecule has 10 nitrogen and oxygen atoms in total. The van der Waals surface area contributed by atoms with Gasteiger partial charge < -0.3 is 5.32 Å². The highest BCUT2D eigenvalue weighted by atomic mass is 32.1. The van der Waals surface area contributed by atoms with E-state index in [9.17, 15) is 27.6 Å². The van der Waals surface area contributed by atoms with Gasteiger partial charge >= 0.3 is 12.2 Å². The van der Waals surface area contributed by atoms with Crippen LogP contribution in [-0.4, -0.2) is 39.3 Å². The minimum Gasteiger partial charge on any atom is -0.338 e. The van der Waals surface area contributed by atoms with Crippen LogP contribution in [0.5, 0.6) is 0 Å². The molecule has 4 amide bonds. The van der Waals surface area contributed by atoms with E-state index in [1.807, 2.05) is 0 Å². The van der Waals surface area contributed by atoms with Crippen molar-refractivity contribution in [1.29, 1.82) is 0 Å². The van der Waals surface area contributed by atoms with E-state index < -0.39 is 23.8 Å². The number of hydrogen-bond donors (Lipinski definition) is 4. The molecule has 1 saturated carbocycles. The molecule has 0 radical (unpaired) electrons. The number of thiazole rings is 1. The van der Waals surface area contributed by atoms with Gasteiger partial charge in [0.1, 0.15) is 10.8 Å². The first-order valence-electron chi connectivity index (χ1n) is 10.8. The third-order valence-electron chi connectivity index (χ3n) is 5.07. The van der Waals surface area contributed by atoms with Crippen molar-refractivity contribution in [2.75, 3.05) is 11.9 Å². The number of amides is 4. The molecule has 36 heavy (non-hydrogen) atoms. The first kappa shape index (κ1) is 25.0. The highest BCUT2D eigenvalue weighted by Crippen LogP contribution is 2.38. The lowest BCUT2D eigenvalue weighted by Gasteiger charge is -2.12. The molecule has 3 aromatic rings. The fraction of sp³-hybridized carbons (Fsp3) is 0.273. The molecule has 0 unspecified atom stereocenters. The third-order valence-corrected chi connectivity index (χ3v) is 5.94. The molecule has 0 atom stereocenters. The number of hydrogen-bond acceptors (Lipinski definition) is 7. The topological polar surface area (TPSA) is 138 Å². The first-order chi connectivity index (χ1) is 17.2. The molecule has 1 aliphatic rings. The number of urea groups is 1. The van der Waals surface area contributed by atoms with Crippen molar-refractivity contribution >= 4 is 35.0 Å². The van der Waals surface area contributed by atoms with Crippen LogP contribution in [0.2, 0.25) is 0 Å². The average Bonchev–Trinajstić information content (AvgIpc) is 3.57. The number of halogens is 3. The molecule has 1 aliphatic carbocycles. The summed E-state index contributed by atoms with van der Waals surface area (Å²) < 4.78 is 39.6. The number of nitrogens with one attached hydrogen (secondary N) is 4. The summed E-state index contributed by atoms with van der Waals surface area (Å²) in [7, 11) is 0. The molecular weight excluding hydrogens is 499 g/mol. The Bertz CT molecular complexity index is 1310. The summed E-state index contributed by atoms with van der Waals surface area (Å²) in [6.45, 7) is 2.09. The molecule has 3 heterocycles. The highest BCUT2D eigenvalue weighted by molar-refractivity contribution is 7.13. The minimum absolute atomic E-state index is 0.0326. The van der Waals surface area contributed by atoms with E-state index in [1.165, 1.54) is 30.7 Å². The Labute approximate surface area is 206 Å². The van der Waals surface area contributed by atoms with Crippen molar-refractivity contribution in [3.8, 4) is 21.7 Å². The van der Waals surface area contributed by atoms with Crippen molar-refractivity contribution in [3.63, 3.8) is 0 Å². The van der Waals surface area contributed by atoms with E-state index in [1.54, 1.807) is 6.92 Å². The van der Waals surface area contributed by atoms with Crippen LogP contribution in [0.4, 0.5) is 23.8 Å². The van der Waals surface area contributed by atoms with Gasteiger partial charge in [-0.05, 0) is 31.9 Å². The van der Waals surface area contributed by atoms with Crippen LogP contribution in [0.3, 0.4) is 0 Å². The van der Waals surface area contributed by atoms with Crippen molar-refractivity contribution in [2.45, 2.75) is 25.9 Å². The molecule has 0 bridgehead atoms. The smallest absolute Gasteiger partial charge is 0.338 e. The number of rotatable bonds is 6. The number of anilines is 1. The van der Waals surface area contributed by atoms with Gasteiger partial charge in [-0.3, -0.25) is 30.7 Å². The lowest BCUT2D eigenvalue weighted by Crippen LogP contribution is -2.42. The SMILES string of the molecule is CCNC(=O)Nc1cc(-c2nc(C(F)(F)F)cs2)c(-c2cncc(C(=O)NNC(=O)C3CC3)c2)cn1. The van der Waals surface area contributed by atoms with Gasteiger partial charge in [0, 0.05) is 53.1 Å². The summed E-state index contributed by atoms with van der Waals surface area (Å²) in [5, 5.41) is 5.97. The predicted octanol–water partition coefficient (Wildman–Crippen LogP) is 3.60. The molecule has 4 N–H and O–H groups in total. The zero-order chi connectivity index (χ0) is 25.9. The number of hydrazine groups is 1. The summed E-state index contributed by atoms with van der Waals surface area (Å²) in [6.07, 6.45) is 0.951. The van der Waals surface area contributed by atoms with E-state index in [0.29, 0.717) is 17.7 Å². The van der Waals surface area contributed by atoms with Crippen molar-refractivity contribution < 1.29 is 27.6 Å². The average molecular weight is 520 g/mol. The number of pyridine rings is 2. The van der Waals surface area contributed by atoms with Crippen molar-refractivity contribution in [3.05, 3.63) is 47.4 Å². The zero-order valence-electron chi connectivity index (χ0n) is 18.8. The fourth-order valence-corrected chi connectivity index (χ4v) is 3.99. The number of carbonyl (C=O) groups excluding carboxylic acids is 3. The lowest BCUT2D eigenvalue weighted by molar-refractivity contribution is -0.140. The fourth-order valence-electron chi connectivity index (χ4n) is 3.13. The Balaban J connectivity index is 1.67.